The number of nitrogens with one attached hydrogen (secondary N) is 1. The molecule has 2 heterocycles. The van der Waals surface area contributed by atoms with Crippen LogP contribution >= 0.6 is 0 Å². The molecule has 3 rings (SSSR count). The maximum Gasteiger partial charge on any atom is 0.000974 e. The normalized spacial score (nSPS) is 48.6. The second kappa shape index (κ2) is 3.49. The zero-order valence-corrected chi connectivity index (χ0v) is 9.21. The highest BCUT2D eigenvalue weighted by molar-refractivity contribution is 4.94. The molecule has 2 saturated heterocycles. The van der Waals surface area contributed by atoms with E-state index in [4.69, 9.17) is 0 Å². The third kappa shape index (κ3) is 1.49. The van der Waals surface area contributed by atoms with E-state index >= 15 is 0 Å². The molecule has 1 saturated carbocycles. The Balaban J connectivity index is 1.60. The first-order chi connectivity index (χ1) is 6.83. The van der Waals surface area contributed by atoms with E-state index in [1.165, 1.54) is 45.4 Å². The molecule has 3 aliphatic rings. The summed E-state index contributed by atoms with van der Waals surface area (Å²) in [4.78, 5) is 2.51. The van der Waals surface area contributed by atoms with Gasteiger partial charge in [-0.1, -0.05) is 0 Å². The highest BCUT2D eigenvalue weighted by atomic mass is 15.1. The van der Waals surface area contributed by atoms with Crippen molar-refractivity contribution in [1.29, 1.82) is 0 Å². The Bertz CT molecular complexity index is 204. The molecule has 1 aliphatic carbocycles. The molecule has 3 fully saturated rings. The second-order valence-electron chi connectivity index (χ2n) is 5.72. The maximum absolute atomic E-state index is 3.53. The van der Waals surface area contributed by atoms with E-state index in [0.29, 0.717) is 0 Å². The third-order valence-corrected chi connectivity index (χ3v) is 4.79. The SMILES string of the molecule is CN1CCC(C2CC3CNCC3C2)C1. The molecule has 0 amide bonds. The van der Waals surface area contributed by atoms with Crippen molar-refractivity contribution in [3.63, 3.8) is 0 Å². The Morgan fingerprint density at radius 2 is 1.71 bits per heavy atom. The van der Waals surface area contributed by atoms with Crippen molar-refractivity contribution in [2.24, 2.45) is 23.7 Å². The van der Waals surface area contributed by atoms with Crippen LogP contribution in [0.1, 0.15) is 19.3 Å². The van der Waals surface area contributed by atoms with Gasteiger partial charge in [-0.05, 0) is 69.6 Å². The van der Waals surface area contributed by atoms with Gasteiger partial charge in [-0.25, -0.2) is 0 Å². The van der Waals surface area contributed by atoms with Crippen molar-refractivity contribution >= 4 is 0 Å². The fourth-order valence-corrected chi connectivity index (χ4v) is 3.95. The fourth-order valence-electron chi connectivity index (χ4n) is 3.95. The number of likely N-dealkylation sites (tertiary alicyclic amines) is 1. The minimum absolute atomic E-state index is 1.03. The molecular weight excluding hydrogens is 172 g/mol. The van der Waals surface area contributed by atoms with Gasteiger partial charge in [-0.15, -0.1) is 0 Å². The van der Waals surface area contributed by atoms with Gasteiger partial charge >= 0.3 is 0 Å². The van der Waals surface area contributed by atoms with E-state index in [2.05, 4.69) is 17.3 Å². The Kier molecular flexibility index (Phi) is 2.29. The van der Waals surface area contributed by atoms with Crippen LogP contribution in [0.4, 0.5) is 0 Å². The molecule has 80 valence electrons. The lowest BCUT2D eigenvalue weighted by atomic mass is 9.89. The van der Waals surface area contributed by atoms with Gasteiger partial charge < -0.3 is 10.2 Å². The van der Waals surface area contributed by atoms with Gasteiger partial charge in [-0.3, -0.25) is 0 Å². The van der Waals surface area contributed by atoms with Crippen LogP contribution in [0.3, 0.4) is 0 Å². The predicted molar refractivity (Wildman–Crippen MR) is 58.2 cm³/mol. The summed E-state index contributed by atoms with van der Waals surface area (Å²) in [7, 11) is 2.28. The molecule has 2 heteroatoms. The summed E-state index contributed by atoms with van der Waals surface area (Å²) in [5, 5.41) is 3.53. The minimum atomic E-state index is 1.03. The van der Waals surface area contributed by atoms with E-state index in [0.717, 1.165) is 23.7 Å². The summed E-state index contributed by atoms with van der Waals surface area (Å²) in [6, 6.07) is 0. The highest BCUT2D eigenvalue weighted by Crippen LogP contribution is 2.44. The third-order valence-electron chi connectivity index (χ3n) is 4.79. The zero-order chi connectivity index (χ0) is 9.54. The average molecular weight is 194 g/mol. The monoisotopic (exact) mass is 194 g/mol. The Morgan fingerprint density at radius 1 is 1.00 bits per heavy atom. The Hall–Kier alpha value is -0.0800. The largest absolute Gasteiger partial charge is 0.316 e. The number of hydrogen-bond acceptors (Lipinski definition) is 2. The summed E-state index contributed by atoms with van der Waals surface area (Å²) in [6.07, 6.45) is 4.51. The number of nitrogens with zero attached hydrogens (tertiary/aromatic N) is 1. The summed E-state index contributed by atoms with van der Waals surface area (Å²) in [5.41, 5.74) is 0. The first kappa shape index (κ1) is 9.17. The maximum atomic E-state index is 3.53. The molecule has 2 nitrogen and oxygen atoms in total. The molecule has 3 atom stereocenters. The molecule has 2 aliphatic heterocycles. The van der Waals surface area contributed by atoms with Crippen molar-refractivity contribution in [3.8, 4) is 0 Å². The van der Waals surface area contributed by atoms with Gasteiger partial charge in [0.25, 0.3) is 0 Å². The molecule has 3 unspecified atom stereocenters. The van der Waals surface area contributed by atoms with E-state index in [1.54, 1.807) is 0 Å². The summed E-state index contributed by atoms with van der Waals surface area (Å²) in [5.74, 6) is 4.17. The molecule has 0 spiro atoms. The van der Waals surface area contributed by atoms with E-state index in [9.17, 15) is 0 Å². The van der Waals surface area contributed by atoms with E-state index < -0.39 is 0 Å². The second-order valence-corrected chi connectivity index (χ2v) is 5.72. The van der Waals surface area contributed by atoms with Crippen LogP contribution in [0.2, 0.25) is 0 Å². The first-order valence-corrected chi connectivity index (χ1v) is 6.22. The molecule has 0 aromatic rings. The van der Waals surface area contributed by atoms with Gasteiger partial charge in [0.05, 0.1) is 0 Å². The van der Waals surface area contributed by atoms with Crippen molar-refractivity contribution in [1.82, 2.24) is 10.2 Å². The molecule has 1 N–H and O–H groups in total. The lowest BCUT2D eigenvalue weighted by molar-refractivity contribution is 0.310. The summed E-state index contributed by atoms with van der Waals surface area (Å²) in [6.45, 7) is 5.33. The van der Waals surface area contributed by atoms with Crippen molar-refractivity contribution < 1.29 is 0 Å². The van der Waals surface area contributed by atoms with Crippen LogP contribution in [0.5, 0.6) is 0 Å². The average Bonchev–Trinajstić information content (AvgIpc) is 2.75. The number of rotatable bonds is 1. The van der Waals surface area contributed by atoms with Crippen molar-refractivity contribution in [3.05, 3.63) is 0 Å². The van der Waals surface area contributed by atoms with Crippen LogP contribution in [0.25, 0.3) is 0 Å². The summed E-state index contributed by atoms with van der Waals surface area (Å²) < 4.78 is 0. The molecule has 0 aromatic heterocycles. The minimum Gasteiger partial charge on any atom is -0.316 e. The molecule has 0 bridgehead atoms. The van der Waals surface area contributed by atoms with Gasteiger partial charge in [-0.2, -0.15) is 0 Å². The summed E-state index contributed by atoms with van der Waals surface area (Å²) >= 11 is 0. The van der Waals surface area contributed by atoms with E-state index in [1.807, 2.05) is 0 Å². The highest BCUT2D eigenvalue weighted by Gasteiger charge is 2.41. The van der Waals surface area contributed by atoms with Crippen LogP contribution in [0, 0.1) is 23.7 Å². The Labute approximate surface area is 87.0 Å². The lowest BCUT2D eigenvalue weighted by Gasteiger charge is -2.19. The van der Waals surface area contributed by atoms with Crippen LogP contribution in [-0.4, -0.2) is 38.1 Å². The quantitative estimate of drug-likeness (QED) is 0.674. The topological polar surface area (TPSA) is 15.3 Å². The number of fused-ring (bicyclic) bond motifs is 1. The molecule has 0 radical (unpaired) electrons. The molecular formula is C12H22N2. The Morgan fingerprint density at radius 3 is 2.29 bits per heavy atom. The van der Waals surface area contributed by atoms with E-state index in [-0.39, 0.29) is 0 Å². The van der Waals surface area contributed by atoms with Gasteiger partial charge in [0.1, 0.15) is 0 Å². The van der Waals surface area contributed by atoms with Crippen molar-refractivity contribution in [2.75, 3.05) is 33.2 Å². The number of hydrogen-bond donors (Lipinski definition) is 1. The van der Waals surface area contributed by atoms with Crippen LogP contribution in [0.15, 0.2) is 0 Å². The predicted octanol–water partition coefficient (Wildman–Crippen LogP) is 1.18. The van der Waals surface area contributed by atoms with Crippen molar-refractivity contribution in [2.45, 2.75) is 19.3 Å². The molecule has 0 aromatic carbocycles. The van der Waals surface area contributed by atoms with Gasteiger partial charge in [0.2, 0.25) is 0 Å². The first-order valence-electron chi connectivity index (χ1n) is 6.22. The smallest absolute Gasteiger partial charge is 0.000974 e. The van der Waals surface area contributed by atoms with Gasteiger partial charge in [0.15, 0.2) is 0 Å². The van der Waals surface area contributed by atoms with Crippen LogP contribution < -0.4 is 5.32 Å². The van der Waals surface area contributed by atoms with Gasteiger partial charge in [0, 0.05) is 6.54 Å². The zero-order valence-electron chi connectivity index (χ0n) is 9.21. The lowest BCUT2D eigenvalue weighted by Crippen LogP contribution is -2.20. The fraction of sp³-hybridized carbons (Fsp3) is 1.00. The molecule has 14 heavy (non-hydrogen) atoms. The van der Waals surface area contributed by atoms with Crippen LogP contribution in [-0.2, 0) is 0 Å². The standard InChI is InChI=1S/C12H22N2/c1-14-3-2-9(8-14)10-4-11-6-13-7-12(11)5-10/h9-13H,2-8H2,1H3.